The topological polar surface area (TPSA) is 87.7 Å². The van der Waals surface area contributed by atoms with Gasteiger partial charge in [-0.25, -0.2) is 4.39 Å². The zero-order valence-electron chi connectivity index (χ0n) is 10.0. The van der Waals surface area contributed by atoms with E-state index in [1.165, 1.54) is 35.2 Å². The van der Waals surface area contributed by atoms with E-state index in [-0.39, 0.29) is 16.6 Å². The normalized spacial score (nSPS) is 10.8. The van der Waals surface area contributed by atoms with Crippen molar-refractivity contribution < 1.29 is 4.39 Å². The number of fused-ring (bicyclic) bond motifs is 1. The number of pyridine rings is 1. The fourth-order valence-corrected chi connectivity index (χ4v) is 1.90. The zero-order valence-corrected chi connectivity index (χ0v) is 10.0. The Morgan fingerprint density at radius 2 is 1.45 bits per heavy atom. The van der Waals surface area contributed by atoms with Crippen LogP contribution in [-0.4, -0.2) is 14.5 Å². The SMILES string of the molecule is O=c1ccn(-c2cc3[nH]c(=O)c(=O)[nH]c3cc2F)cc1. The second-order valence-corrected chi connectivity index (χ2v) is 4.20. The minimum absolute atomic E-state index is 0.153. The molecule has 3 aromatic rings. The number of nitrogens with zero attached hydrogens (tertiary/aromatic N) is 1. The second-order valence-electron chi connectivity index (χ2n) is 4.20. The number of nitrogens with one attached hydrogen (secondary N) is 2. The molecule has 3 rings (SSSR count). The molecule has 0 atom stereocenters. The van der Waals surface area contributed by atoms with Crippen LogP contribution in [0.3, 0.4) is 0 Å². The lowest BCUT2D eigenvalue weighted by atomic mass is 10.2. The van der Waals surface area contributed by atoms with E-state index in [2.05, 4.69) is 9.97 Å². The van der Waals surface area contributed by atoms with Crippen molar-refractivity contribution in [2.45, 2.75) is 0 Å². The van der Waals surface area contributed by atoms with Crippen LogP contribution in [0.2, 0.25) is 0 Å². The molecular formula is C13H8FN3O3. The molecule has 0 fully saturated rings. The molecule has 0 saturated heterocycles. The Bertz CT molecular complexity index is 964. The highest BCUT2D eigenvalue weighted by Gasteiger charge is 2.08. The van der Waals surface area contributed by atoms with Crippen LogP contribution in [0.5, 0.6) is 0 Å². The number of aromatic nitrogens is 3. The fourth-order valence-electron chi connectivity index (χ4n) is 1.90. The van der Waals surface area contributed by atoms with Crippen LogP contribution in [-0.2, 0) is 0 Å². The Kier molecular flexibility index (Phi) is 2.60. The van der Waals surface area contributed by atoms with Crippen LogP contribution in [0.15, 0.2) is 51.0 Å². The Labute approximate surface area is 110 Å². The van der Waals surface area contributed by atoms with E-state index in [1.807, 2.05) is 0 Å². The lowest BCUT2D eigenvalue weighted by molar-refractivity contribution is 0.619. The van der Waals surface area contributed by atoms with Crippen LogP contribution in [0, 0.1) is 5.82 Å². The summed E-state index contributed by atoms with van der Waals surface area (Å²) in [6, 6.07) is 5.07. The van der Waals surface area contributed by atoms with E-state index in [0.29, 0.717) is 5.52 Å². The van der Waals surface area contributed by atoms with Crippen molar-refractivity contribution in [3.8, 4) is 5.69 Å². The summed E-state index contributed by atoms with van der Waals surface area (Å²) in [5.74, 6) is -0.594. The van der Waals surface area contributed by atoms with E-state index in [0.717, 1.165) is 6.07 Å². The van der Waals surface area contributed by atoms with Crippen molar-refractivity contribution in [1.82, 2.24) is 14.5 Å². The number of H-pyrrole nitrogens is 2. The number of benzene rings is 1. The van der Waals surface area contributed by atoms with Gasteiger partial charge in [0.25, 0.3) is 0 Å². The minimum Gasteiger partial charge on any atom is -0.321 e. The first-order valence-electron chi connectivity index (χ1n) is 5.69. The number of hydrogen-bond donors (Lipinski definition) is 2. The van der Waals surface area contributed by atoms with Gasteiger partial charge in [0.1, 0.15) is 5.82 Å². The van der Waals surface area contributed by atoms with Gasteiger partial charge in [-0.3, -0.25) is 14.4 Å². The van der Waals surface area contributed by atoms with Crippen molar-refractivity contribution in [1.29, 1.82) is 0 Å². The van der Waals surface area contributed by atoms with Crippen LogP contribution in [0.1, 0.15) is 0 Å². The van der Waals surface area contributed by atoms with Crippen LogP contribution >= 0.6 is 0 Å². The van der Waals surface area contributed by atoms with Crippen molar-refractivity contribution in [2.75, 3.05) is 0 Å². The largest absolute Gasteiger partial charge is 0.321 e. The first kappa shape index (κ1) is 12.1. The molecule has 6 nitrogen and oxygen atoms in total. The lowest BCUT2D eigenvalue weighted by Crippen LogP contribution is -2.29. The summed E-state index contributed by atoms with van der Waals surface area (Å²) in [6.45, 7) is 0. The highest BCUT2D eigenvalue weighted by molar-refractivity contribution is 5.76. The number of hydrogen-bond acceptors (Lipinski definition) is 3. The number of aromatic amines is 2. The molecule has 0 bridgehead atoms. The average molecular weight is 273 g/mol. The van der Waals surface area contributed by atoms with Gasteiger partial charge in [-0.1, -0.05) is 0 Å². The molecule has 0 amide bonds. The maximum absolute atomic E-state index is 14.0. The standard InChI is InChI=1S/C13H8FN3O3/c14-8-5-9-10(16-13(20)12(19)15-9)6-11(8)17-3-1-7(18)2-4-17/h1-6H,(H,15,19)(H,16,20). The van der Waals surface area contributed by atoms with Crippen LogP contribution in [0.4, 0.5) is 4.39 Å². The van der Waals surface area contributed by atoms with Gasteiger partial charge in [0.05, 0.1) is 16.7 Å². The van der Waals surface area contributed by atoms with Gasteiger partial charge in [-0.2, -0.15) is 0 Å². The summed E-state index contributed by atoms with van der Waals surface area (Å²) in [4.78, 5) is 38.1. The molecule has 2 aromatic heterocycles. The molecule has 1 aromatic carbocycles. The van der Waals surface area contributed by atoms with Crippen LogP contribution in [0.25, 0.3) is 16.7 Å². The molecule has 0 aliphatic heterocycles. The average Bonchev–Trinajstić information content (AvgIpc) is 2.41. The van der Waals surface area contributed by atoms with Gasteiger partial charge in [0.2, 0.25) is 0 Å². The number of rotatable bonds is 1. The molecule has 2 heterocycles. The van der Waals surface area contributed by atoms with Gasteiger partial charge in [0.15, 0.2) is 5.43 Å². The zero-order chi connectivity index (χ0) is 14.3. The predicted octanol–water partition coefficient (Wildman–Crippen LogP) is 0.506. The molecule has 0 unspecified atom stereocenters. The Balaban J connectivity index is 2.31. The van der Waals surface area contributed by atoms with E-state index in [4.69, 9.17) is 0 Å². The summed E-state index contributed by atoms with van der Waals surface area (Å²) < 4.78 is 15.4. The van der Waals surface area contributed by atoms with E-state index in [1.54, 1.807) is 0 Å². The number of halogens is 1. The third-order valence-corrected chi connectivity index (χ3v) is 2.87. The Morgan fingerprint density at radius 1 is 0.900 bits per heavy atom. The molecule has 20 heavy (non-hydrogen) atoms. The quantitative estimate of drug-likeness (QED) is 0.633. The third kappa shape index (κ3) is 1.95. The molecule has 7 heteroatoms. The maximum atomic E-state index is 14.0. The van der Waals surface area contributed by atoms with Crippen molar-refractivity contribution in [3.05, 3.63) is 73.4 Å². The van der Waals surface area contributed by atoms with E-state index >= 15 is 0 Å². The molecule has 0 spiro atoms. The first-order chi connectivity index (χ1) is 9.54. The maximum Gasteiger partial charge on any atom is 0.314 e. The highest BCUT2D eigenvalue weighted by atomic mass is 19.1. The van der Waals surface area contributed by atoms with Crippen molar-refractivity contribution in [2.24, 2.45) is 0 Å². The fraction of sp³-hybridized carbons (Fsp3) is 0. The molecule has 100 valence electrons. The van der Waals surface area contributed by atoms with Gasteiger partial charge in [-0.15, -0.1) is 0 Å². The molecular weight excluding hydrogens is 265 g/mol. The summed E-state index contributed by atoms with van der Waals surface area (Å²) in [7, 11) is 0. The van der Waals surface area contributed by atoms with E-state index in [9.17, 15) is 18.8 Å². The molecule has 0 aliphatic rings. The minimum atomic E-state index is -0.840. The summed E-state index contributed by atoms with van der Waals surface area (Å²) >= 11 is 0. The first-order valence-corrected chi connectivity index (χ1v) is 5.69. The summed E-state index contributed by atoms with van der Waals surface area (Å²) in [6.07, 6.45) is 2.83. The lowest BCUT2D eigenvalue weighted by Gasteiger charge is -2.08. The van der Waals surface area contributed by atoms with Crippen molar-refractivity contribution in [3.63, 3.8) is 0 Å². The third-order valence-electron chi connectivity index (χ3n) is 2.87. The van der Waals surface area contributed by atoms with Gasteiger partial charge in [-0.05, 0) is 6.07 Å². The summed E-state index contributed by atoms with van der Waals surface area (Å²) in [5, 5.41) is 0. The monoisotopic (exact) mass is 273 g/mol. The Morgan fingerprint density at radius 3 is 2.05 bits per heavy atom. The molecule has 0 radical (unpaired) electrons. The smallest absolute Gasteiger partial charge is 0.314 e. The van der Waals surface area contributed by atoms with Gasteiger partial charge < -0.3 is 14.5 Å². The predicted molar refractivity (Wildman–Crippen MR) is 70.7 cm³/mol. The van der Waals surface area contributed by atoms with Gasteiger partial charge in [0, 0.05) is 30.6 Å². The summed E-state index contributed by atoms with van der Waals surface area (Å²) in [5.41, 5.74) is -1.20. The van der Waals surface area contributed by atoms with Crippen molar-refractivity contribution >= 4 is 11.0 Å². The van der Waals surface area contributed by atoms with E-state index < -0.39 is 16.9 Å². The van der Waals surface area contributed by atoms with Gasteiger partial charge >= 0.3 is 11.1 Å². The highest BCUT2D eigenvalue weighted by Crippen LogP contribution is 2.17. The molecule has 0 aliphatic carbocycles. The molecule has 0 saturated carbocycles. The Hall–Kier alpha value is -2.96. The van der Waals surface area contributed by atoms with Crippen LogP contribution < -0.4 is 16.5 Å². The second kappa shape index (κ2) is 4.30. The molecule has 2 N–H and O–H groups in total.